The summed E-state index contributed by atoms with van der Waals surface area (Å²) in [5.41, 5.74) is 5.40. The summed E-state index contributed by atoms with van der Waals surface area (Å²) in [6.45, 7) is 6.72. The Balaban J connectivity index is 2.32. The quantitative estimate of drug-likeness (QED) is 0.818. The van der Waals surface area contributed by atoms with E-state index in [1.807, 2.05) is 7.05 Å². The molecule has 106 valence electrons. The summed E-state index contributed by atoms with van der Waals surface area (Å²) in [5.74, 6) is 0.706. The van der Waals surface area contributed by atoms with E-state index in [0.29, 0.717) is 12.0 Å². The minimum absolute atomic E-state index is 0.363. The maximum absolute atomic E-state index is 3.33. The van der Waals surface area contributed by atoms with Crippen LogP contribution in [0.2, 0.25) is 0 Å². The molecule has 1 atom stereocenters. The zero-order valence-corrected chi connectivity index (χ0v) is 13.0. The average Bonchev–Trinajstić information content (AvgIpc) is 2.46. The SMILES string of the molecule is CNC(C)c1ccccc1-c1ccc(CC(C)C)cc1. The second-order valence-corrected chi connectivity index (χ2v) is 5.89. The van der Waals surface area contributed by atoms with E-state index in [1.165, 1.54) is 22.3 Å². The third kappa shape index (κ3) is 3.49. The summed E-state index contributed by atoms with van der Waals surface area (Å²) in [4.78, 5) is 0. The molecule has 0 spiro atoms. The molecule has 0 radical (unpaired) electrons. The van der Waals surface area contributed by atoms with Crippen molar-refractivity contribution in [2.75, 3.05) is 7.05 Å². The molecule has 0 saturated heterocycles. The third-order valence-electron chi connectivity index (χ3n) is 3.77. The Morgan fingerprint density at radius 1 is 0.900 bits per heavy atom. The fraction of sp³-hybridized carbons (Fsp3) is 0.368. The lowest BCUT2D eigenvalue weighted by molar-refractivity contribution is 0.647. The fourth-order valence-electron chi connectivity index (χ4n) is 2.58. The molecule has 1 N–H and O–H groups in total. The van der Waals surface area contributed by atoms with Crippen LogP contribution in [0, 0.1) is 5.92 Å². The number of hydrogen-bond acceptors (Lipinski definition) is 1. The Hall–Kier alpha value is -1.60. The second kappa shape index (κ2) is 6.71. The number of nitrogens with one attached hydrogen (secondary N) is 1. The maximum Gasteiger partial charge on any atom is 0.0295 e. The van der Waals surface area contributed by atoms with Crippen LogP contribution in [0.25, 0.3) is 11.1 Å². The maximum atomic E-state index is 3.33. The molecule has 0 saturated carbocycles. The first-order chi connectivity index (χ1) is 9.61. The monoisotopic (exact) mass is 267 g/mol. The van der Waals surface area contributed by atoms with E-state index in [9.17, 15) is 0 Å². The average molecular weight is 267 g/mol. The second-order valence-electron chi connectivity index (χ2n) is 5.89. The van der Waals surface area contributed by atoms with Gasteiger partial charge in [0.25, 0.3) is 0 Å². The van der Waals surface area contributed by atoms with Crippen LogP contribution < -0.4 is 5.32 Å². The first-order valence-electron chi connectivity index (χ1n) is 7.47. The highest BCUT2D eigenvalue weighted by atomic mass is 14.9. The molecule has 0 aromatic heterocycles. The molecule has 0 amide bonds. The van der Waals surface area contributed by atoms with E-state index in [-0.39, 0.29) is 0 Å². The Labute approximate surface area is 123 Å². The summed E-state index contributed by atoms with van der Waals surface area (Å²) < 4.78 is 0. The molecule has 0 bridgehead atoms. The van der Waals surface area contributed by atoms with Crippen LogP contribution in [0.5, 0.6) is 0 Å². The standard InChI is InChI=1S/C19H25N/c1-14(2)13-16-9-11-17(12-10-16)19-8-6-5-7-18(19)15(3)20-4/h5-12,14-15,20H,13H2,1-4H3. The molecular weight excluding hydrogens is 242 g/mol. The zero-order chi connectivity index (χ0) is 14.5. The summed E-state index contributed by atoms with van der Waals surface area (Å²) >= 11 is 0. The van der Waals surface area contributed by atoms with Gasteiger partial charge in [0.05, 0.1) is 0 Å². The largest absolute Gasteiger partial charge is 0.313 e. The topological polar surface area (TPSA) is 12.0 Å². The smallest absolute Gasteiger partial charge is 0.0295 e. The van der Waals surface area contributed by atoms with Crippen molar-refractivity contribution in [3.05, 3.63) is 59.7 Å². The minimum atomic E-state index is 0.363. The molecule has 2 aromatic rings. The molecule has 0 heterocycles. The molecule has 0 aliphatic rings. The van der Waals surface area contributed by atoms with Crippen LogP contribution in [-0.2, 0) is 6.42 Å². The van der Waals surface area contributed by atoms with Crippen molar-refractivity contribution in [1.82, 2.24) is 5.32 Å². The molecule has 2 aromatic carbocycles. The predicted molar refractivity (Wildman–Crippen MR) is 87.9 cm³/mol. The Kier molecular flexibility index (Phi) is 4.97. The predicted octanol–water partition coefficient (Wildman–Crippen LogP) is 4.83. The van der Waals surface area contributed by atoms with Gasteiger partial charge in [0.2, 0.25) is 0 Å². The molecule has 0 aliphatic heterocycles. The van der Waals surface area contributed by atoms with E-state index in [0.717, 1.165) is 6.42 Å². The molecule has 20 heavy (non-hydrogen) atoms. The van der Waals surface area contributed by atoms with E-state index in [2.05, 4.69) is 74.6 Å². The molecule has 0 aliphatic carbocycles. The van der Waals surface area contributed by atoms with Crippen molar-refractivity contribution in [3.63, 3.8) is 0 Å². The summed E-state index contributed by atoms with van der Waals surface area (Å²) in [6, 6.07) is 18.0. The Morgan fingerprint density at radius 2 is 1.55 bits per heavy atom. The van der Waals surface area contributed by atoms with Gasteiger partial charge in [-0.2, -0.15) is 0 Å². The number of hydrogen-bond donors (Lipinski definition) is 1. The Bertz CT molecular complexity index is 540. The normalized spacial score (nSPS) is 12.7. The van der Waals surface area contributed by atoms with Crippen molar-refractivity contribution in [2.45, 2.75) is 33.2 Å². The van der Waals surface area contributed by atoms with Crippen LogP contribution in [0.3, 0.4) is 0 Å². The van der Waals surface area contributed by atoms with Gasteiger partial charge in [0.1, 0.15) is 0 Å². The van der Waals surface area contributed by atoms with Gasteiger partial charge in [-0.05, 0) is 48.6 Å². The first-order valence-corrected chi connectivity index (χ1v) is 7.47. The lowest BCUT2D eigenvalue weighted by atomic mass is 9.94. The van der Waals surface area contributed by atoms with Crippen LogP contribution in [0.15, 0.2) is 48.5 Å². The van der Waals surface area contributed by atoms with E-state index in [4.69, 9.17) is 0 Å². The van der Waals surface area contributed by atoms with Gasteiger partial charge in [-0.25, -0.2) is 0 Å². The van der Waals surface area contributed by atoms with Crippen molar-refractivity contribution >= 4 is 0 Å². The molecule has 2 rings (SSSR count). The van der Waals surface area contributed by atoms with Gasteiger partial charge in [-0.3, -0.25) is 0 Å². The molecule has 1 nitrogen and oxygen atoms in total. The van der Waals surface area contributed by atoms with E-state index >= 15 is 0 Å². The molecule has 1 heteroatoms. The minimum Gasteiger partial charge on any atom is -0.313 e. The van der Waals surface area contributed by atoms with Gasteiger partial charge in [0.15, 0.2) is 0 Å². The number of benzene rings is 2. The summed E-state index contributed by atoms with van der Waals surface area (Å²) in [7, 11) is 2.01. The van der Waals surface area contributed by atoms with E-state index < -0.39 is 0 Å². The molecular formula is C19H25N. The molecule has 0 fully saturated rings. The first kappa shape index (κ1) is 14.8. The third-order valence-corrected chi connectivity index (χ3v) is 3.77. The summed E-state index contributed by atoms with van der Waals surface area (Å²) in [6.07, 6.45) is 1.15. The van der Waals surface area contributed by atoms with Crippen LogP contribution in [0.4, 0.5) is 0 Å². The summed E-state index contributed by atoms with van der Waals surface area (Å²) in [5, 5.41) is 3.33. The van der Waals surface area contributed by atoms with Crippen LogP contribution in [-0.4, -0.2) is 7.05 Å². The fourth-order valence-corrected chi connectivity index (χ4v) is 2.58. The van der Waals surface area contributed by atoms with E-state index in [1.54, 1.807) is 0 Å². The highest BCUT2D eigenvalue weighted by Gasteiger charge is 2.09. The van der Waals surface area contributed by atoms with Crippen LogP contribution >= 0.6 is 0 Å². The number of rotatable bonds is 5. The molecule has 1 unspecified atom stereocenters. The lowest BCUT2D eigenvalue weighted by Gasteiger charge is -2.16. The van der Waals surface area contributed by atoms with Crippen molar-refractivity contribution in [1.29, 1.82) is 0 Å². The van der Waals surface area contributed by atoms with Gasteiger partial charge in [0, 0.05) is 6.04 Å². The van der Waals surface area contributed by atoms with Crippen molar-refractivity contribution < 1.29 is 0 Å². The van der Waals surface area contributed by atoms with Gasteiger partial charge < -0.3 is 5.32 Å². The van der Waals surface area contributed by atoms with Gasteiger partial charge >= 0.3 is 0 Å². The van der Waals surface area contributed by atoms with Gasteiger partial charge in [-0.15, -0.1) is 0 Å². The highest BCUT2D eigenvalue weighted by molar-refractivity contribution is 5.68. The van der Waals surface area contributed by atoms with Crippen molar-refractivity contribution in [3.8, 4) is 11.1 Å². The van der Waals surface area contributed by atoms with Gasteiger partial charge in [-0.1, -0.05) is 62.4 Å². The lowest BCUT2D eigenvalue weighted by Crippen LogP contribution is -2.13. The Morgan fingerprint density at radius 3 is 2.15 bits per heavy atom. The highest BCUT2D eigenvalue weighted by Crippen LogP contribution is 2.28. The van der Waals surface area contributed by atoms with Crippen molar-refractivity contribution in [2.24, 2.45) is 5.92 Å². The van der Waals surface area contributed by atoms with Crippen LogP contribution in [0.1, 0.15) is 37.9 Å². The zero-order valence-electron chi connectivity index (χ0n) is 13.0.